The van der Waals surface area contributed by atoms with Crippen LogP contribution < -0.4 is 5.32 Å². The lowest BCUT2D eigenvalue weighted by atomic mass is 9.86. The number of pyridine rings is 1. The van der Waals surface area contributed by atoms with Crippen LogP contribution in [0.15, 0.2) is 12.3 Å². The molecule has 0 saturated carbocycles. The number of aliphatic hydroxyl groups is 1. The second kappa shape index (κ2) is 15.3. The molecule has 8 nitrogen and oxygen atoms in total. The Morgan fingerprint density at radius 1 is 1.24 bits per heavy atom. The van der Waals surface area contributed by atoms with E-state index in [2.05, 4.69) is 17.2 Å². The molecule has 2 heterocycles. The first kappa shape index (κ1) is 36.9. The number of nitrogens with zero attached hydrogens (tertiary/aromatic N) is 2. The molecule has 0 radical (unpaired) electrons. The summed E-state index contributed by atoms with van der Waals surface area (Å²) in [4.78, 5) is 16.3. The van der Waals surface area contributed by atoms with Gasteiger partial charge in [-0.3, -0.25) is 4.98 Å². The Labute approximate surface area is 209 Å². The summed E-state index contributed by atoms with van der Waals surface area (Å²) < 4.78 is 29.9. The highest BCUT2D eigenvalue weighted by Gasteiger charge is 2.34. The van der Waals surface area contributed by atoms with E-state index in [4.69, 9.17) is 9.84 Å². The summed E-state index contributed by atoms with van der Waals surface area (Å²) in [6, 6.07) is 2.12. The number of amides is 1. The molecule has 0 aromatic carbocycles. The van der Waals surface area contributed by atoms with Crippen LogP contribution in [0.2, 0.25) is 0 Å². The molecule has 2 N–H and O–H groups in total. The topological polar surface area (TPSA) is 109 Å². The molecule has 1 aliphatic rings. The number of hydrogen-bond donors (Lipinski definition) is 2. The molecule has 0 bridgehead atoms. The largest absolute Gasteiger partial charge is 0.443 e. The SMILES string of the molecule is C.C.C.CC1CNC(C)C(CN(C(=O)OC(C)(C)C)S(C)(=O)=O)C1.Cc1cnc(C)c(CO)c1. The summed E-state index contributed by atoms with van der Waals surface area (Å²) in [5.74, 6) is 0.558. The predicted octanol–water partition coefficient (Wildman–Crippen LogP) is 4.92. The Morgan fingerprint density at radius 3 is 2.24 bits per heavy atom. The first-order valence-corrected chi connectivity index (χ1v) is 12.5. The van der Waals surface area contributed by atoms with Gasteiger partial charge in [0.05, 0.1) is 12.9 Å². The van der Waals surface area contributed by atoms with Crippen LogP contribution in [0.1, 0.15) is 80.1 Å². The summed E-state index contributed by atoms with van der Waals surface area (Å²) in [6.07, 6.45) is 2.94. The van der Waals surface area contributed by atoms with Gasteiger partial charge in [-0.2, -0.15) is 0 Å². The van der Waals surface area contributed by atoms with Gasteiger partial charge in [-0.15, -0.1) is 0 Å². The van der Waals surface area contributed by atoms with Crippen LogP contribution in [0.25, 0.3) is 0 Å². The summed E-state index contributed by atoms with van der Waals surface area (Å²) >= 11 is 0. The van der Waals surface area contributed by atoms with Crippen molar-refractivity contribution in [2.45, 2.75) is 95.4 Å². The van der Waals surface area contributed by atoms with Crippen molar-refractivity contribution in [3.05, 3.63) is 29.1 Å². The number of sulfonamides is 1. The van der Waals surface area contributed by atoms with Crippen molar-refractivity contribution in [2.24, 2.45) is 11.8 Å². The predicted molar refractivity (Wildman–Crippen MR) is 142 cm³/mol. The zero-order chi connectivity index (χ0) is 24.0. The van der Waals surface area contributed by atoms with E-state index in [9.17, 15) is 13.2 Å². The van der Waals surface area contributed by atoms with E-state index in [1.807, 2.05) is 26.8 Å². The number of aliphatic hydroxyl groups excluding tert-OH is 1. The minimum Gasteiger partial charge on any atom is -0.443 e. The average molecular weight is 506 g/mol. The van der Waals surface area contributed by atoms with Gasteiger partial charge in [0.1, 0.15) is 5.60 Å². The van der Waals surface area contributed by atoms with Gasteiger partial charge >= 0.3 is 6.09 Å². The molecule has 0 spiro atoms. The molecule has 1 aromatic heterocycles. The van der Waals surface area contributed by atoms with Gasteiger partial charge < -0.3 is 15.2 Å². The third-order valence-electron chi connectivity index (χ3n) is 5.10. The summed E-state index contributed by atoms with van der Waals surface area (Å²) in [5, 5.41) is 12.2. The Hall–Kier alpha value is -1.71. The van der Waals surface area contributed by atoms with Gasteiger partial charge in [0.15, 0.2) is 0 Å². The molecule has 1 saturated heterocycles. The average Bonchev–Trinajstić information content (AvgIpc) is 2.62. The van der Waals surface area contributed by atoms with Crippen molar-refractivity contribution < 1.29 is 23.1 Å². The maximum absolute atomic E-state index is 12.2. The van der Waals surface area contributed by atoms with Crippen LogP contribution in [0.3, 0.4) is 0 Å². The number of piperidine rings is 1. The number of rotatable bonds is 4. The van der Waals surface area contributed by atoms with Crippen molar-refractivity contribution in [1.82, 2.24) is 14.6 Å². The van der Waals surface area contributed by atoms with Gasteiger partial charge in [-0.1, -0.05) is 35.3 Å². The maximum atomic E-state index is 12.2. The highest BCUT2D eigenvalue weighted by Crippen LogP contribution is 2.24. The van der Waals surface area contributed by atoms with Crippen molar-refractivity contribution in [2.75, 3.05) is 19.3 Å². The van der Waals surface area contributed by atoms with E-state index >= 15 is 0 Å². The molecule has 0 aliphatic carbocycles. The van der Waals surface area contributed by atoms with E-state index in [0.29, 0.717) is 5.92 Å². The third kappa shape index (κ3) is 12.7. The first-order chi connectivity index (χ1) is 14.1. The zero-order valence-corrected chi connectivity index (χ0v) is 20.9. The first-order valence-electron chi connectivity index (χ1n) is 10.6. The molecular formula is C25H51N3O5S. The Balaban J connectivity index is -0.000000630. The highest BCUT2D eigenvalue weighted by atomic mass is 32.2. The van der Waals surface area contributed by atoms with E-state index in [-0.39, 0.29) is 47.4 Å². The fourth-order valence-electron chi connectivity index (χ4n) is 3.32. The minimum atomic E-state index is -3.65. The van der Waals surface area contributed by atoms with Crippen LogP contribution in [-0.4, -0.2) is 59.9 Å². The molecule has 9 heteroatoms. The fraction of sp³-hybridized carbons (Fsp3) is 0.760. The smallest absolute Gasteiger partial charge is 0.424 e. The van der Waals surface area contributed by atoms with Crippen LogP contribution in [0.5, 0.6) is 0 Å². The van der Waals surface area contributed by atoms with Gasteiger partial charge in [0.2, 0.25) is 10.0 Å². The van der Waals surface area contributed by atoms with Gasteiger partial charge in [-0.05, 0) is 77.5 Å². The molecular weight excluding hydrogens is 454 g/mol. The fourth-order valence-corrected chi connectivity index (χ4v) is 4.09. The lowest BCUT2D eigenvalue weighted by Gasteiger charge is -2.36. The van der Waals surface area contributed by atoms with Crippen LogP contribution in [-0.2, 0) is 21.4 Å². The van der Waals surface area contributed by atoms with Crippen LogP contribution in [0, 0.1) is 25.7 Å². The van der Waals surface area contributed by atoms with Gasteiger partial charge in [0, 0.05) is 24.5 Å². The Bertz CT molecular complexity index is 837. The number of carbonyl (C=O) groups is 1. The molecule has 34 heavy (non-hydrogen) atoms. The molecule has 1 aliphatic heterocycles. The van der Waals surface area contributed by atoms with Crippen molar-refractivity contribution in [3.63, 3.8) is 0 Å². The maximum Gasteiger partial charge on any atom is 0.424 e. The van der Waals surface area contributed by atoms with Crippen molar-refractivity contribution >= 4 is 16.1 Å². The molecule has 3 atom stereocenters. The molecule has 202 valence electrons. The minimum absolute atomic E-state index is 0. The van der Waals surface area contributed by atoms with E-state index in [1.165, 1.54) is 0 Å². The van der Waals surface area contributed by atoms with Crippen LogP contribution >= 0.6 is 0 Å². The van der Waals surface area contributed by atoms with E-state index in [0.717, 1.165) is 40.3 Å². The molecule has 2 rings (SSSR count). The molecule has 1 fully saturated rings. The Morgan fingerprint density at radius 2 is 1.79 bits per heavy atom. The molecule has 1 amide bonds. The number of nitrogens with one attached hydrogen (secondary N) is 1. The second-order valence-electron chi connectivity index (χ2n) is 9.49. The molecule has 1 aromatic rings. The lowest BCUT2D eigenvalue weighted by Crippen LogP contribution is -2.50. The van der Waals surface area contributed by atoms with Gasteiger partial charge in [0.25, 0.3) is 0 Å². The third-order valence-corrected chi connectivity index (χ3v) is 6.20. The van der Waals surface area contributed by atoms with Crippen molar-refractivity contribution in [3.8, 4) is 0 Å². The number of ether oxygens (including phenoxy) is 1. The summed E-state index contributed by atoms with van der Waals surface area (Å²) in [6.45, 7) is 14.3. The lowest BCUT2D eigenvalue weighted by molar-refractivity contribution is 0.0354. The molecule has 3 unspecified atom stereocenters. The number of aromatic nitrogens is 1. The second-order valence-corrected chi connectivity index (χ2v) is 11.4. The quantitative estimate of drug-likeness (QED) is 0.598. The van der Waals surface area contributed by atoms with Crippen LogP contribution in [0.4, 0.5) is 4.79 Å². The zero-order valence-electron chi connectivity index (χ0n) is 20.1. The highest BCUT2D eigenvalue weighted by molar-refractivity contribution is 7.88. The number of hydrogen-bond acceptors (Lipinski definition) is 7. The monoisotopic (exact) mass is 505 g/mol. The van der Waals surface area contributed by atoms with Gasteiger partial charge in [-0.25, -0.2) is 17.5 Å². The van der Waals surface area contributed by atoms with Crippen molar-refractivity contribution in [1.29, 1.82) is 0 Å². The number of carbonyl (C=O) groups excluding carboxylic acids is 1. The summed E-state index contributed by atoms with van der Waals surface area (Å²) in [7, 11) is -3.65. The van der Waals surface area contributed by atoms with E-state index < -0.39 is 21.7 Å². The normalized spacial score (nSPS) is 19.7. The van der Waals surface area contributed by atoms with E-state index in [1.54, 1.807) is 27.0 Å². The Kier molecular flexibility index (Phi) is 16.6. The number of aryl methyl sites for hydroxylation is 2. The standard InChI is InChI=1S/C14H28N2O4S.C8H11NO.3CH4/c1-10-7-12(11(2)15-8-10)9-16(21(6,18)19)13(17)20-14(3,4)5;1-6-3-8(5-10)7(2)9-4-6;;;/h10-12,15H,7-9H2,1-6H3;3-4,10H,5H2,1-2H3;3*1H4. The summed E-state index contributed by atoms with van der Waals surface area (Å²) in [5.41, 5.74) is 2.20.